The van der Waals surface area contributed by atoms with Gasteiger partial charge in [-0.3, -0.25) is 10.2 Å². The van der Waals surface area contributed by atoms with Crippen molar-refractivity contribution < 1.29 is 4.79 Å². The van der Waals surface area contributed by atoms with Crippen LogP contribution < -0.4 is 5.73 Å². The lowest BCUT2D eigenvalue weighted by Crippen LogP contribution is -2.26. The standard InChI is InChI=1S/C17H18ClN3OS/c1-23-15(13-5-3-2-4-6-13)17(22)21(18)11-12-7-9-14(10-8-12)16(19)20/h2-10,15H,11H2,1H3,(H3,19,20). The molecule has 2 aromatic rings. The van der Waals surface area contributed by atoms with Crippen molar-refractivity contribution >= 4 is 35.3 Å². The van der Waals surface area contributed by atoms with Crippen molar-refractivity contribution in [2.24, 2.45) is 5.73 Å². The molecule has 0 aliphatic carbocycles. The third-order valence-corrected chi connectivity index (χ3v) is 4.62. The Morgan fingerprint density at radius 3 is 2.35 bits per heavy atom. The molecule has 0 aliphatic rings. The van der Waals surface area contributed by atoms with E-state index in [0.29, 0.717) is 12.1 Å². The summed E-state index contributed by atoms with van der Waals surface area (Å²) >= 11 is 7.65. The molecule has 3 N–H and O–H groups in total. The maximum atomic E-state index is 12.6. The van der Waals surface area contributed by atoms with Crippen LogP contribution in [-0.4, -0.2) is 22.4 Å². The van der Waals surface area contributed by atoms with E-state index in [9.17, 15) is 4.79 Å². The fraction of sp³-hybridized carbons (Fsp3) is 0.176. The number of rotatable bonds is 6. The van der Waals surface area contributed by atoms with Gasteiger partial charge in [0.2, 0.25) is 0 Å². The van der Waals surface area contributed by atoms with E-state index in [-0.39, 0.29) is 17.0 Å². The van der Waals surface area contributed by atoms with Crippen molar-refractivity contribution in [2.75, 3.05) is 6.26 Å². The van der Waals surface area contributed by atoms with Gasteiger partial charge in [-0.25, -0.2) is 4.42 Å². The van der Waals surface area contributed by atoms with Crippen LogP contribution >= 0.6 is 23.5 Å². The van der Waals surface area contributed by atoms with E-state index in [1.54, 1.807) is 12.1 Å². The van der Waals surface area contributed by atoms with E-state index in [1.807, 2.05) is 48.7 Å². The number of halogens is 1. The van der Waals surface area contributed by atoms with Crippen LogP contribution in [0, 0.1) is 5.41 Å². The summed E-state index contributed by atoms with van der Waals surface area (Å²) in [7, 11) is 0. The van der Waals surface area contributed by atoms with Crippen LogP contribution in [0.3, 0.4) is 0 Å². The van der Waals surface area contributed by atoms with Gasteiger partial charge in [-0.05, 0) is 17.4 Å². The van der Waals surface area contributed by atoms with E-state index >= 15 is 0 Å². The number of carbonyl (C=O) groups is 1. The van der Waals surface area contributed by atoms with Crippen LogP contribution in [0.5, 0.6) is 0 Å². The molecule has 1 unspecified atom stereocenters. The summed E-state index contributed by atoms with van der Waals surface area (Å²) in [6.45, 7) is 0.294. The molecule has 0 saturated heterocycles. The number of carbonyl (C=O) groups excluding carboxylic acids is 1. The first-order valence-corrected chi connectivity index (χ1v) is 8.63. The van der Waals surface area contributed by atoms with E-state index in [4.69, 9.17) is 22.9 Å². The van der Waals surface area contributed by atoms with E-state index < -0.39 is 0 Å². The van der Waals surface area contributed by atoms with Gasteiger partial charge >= 0.3 is 0 Å². The first-order chi connectivity index (χ1) is 11.0. The number of benzene rings is 2. The molecular formula is C17H18ClN3OS. The van der Waals surface area contributed by atoms with Crippen LogP contribution in [-0.2, 0) is 11.3 Å². The largest absolute Gasteiger partial charge is 0.384 e. The zero-order chi connectivity index (χ0) is 16.8. The molecule has 0 radical (unpaired) electrons. The minimum Gasteiger partial charge on any atom is -0.384 e. The SMILES string of the molecule is CSC(C(=O)N(Cl)Cc1ccc(C(=N)N)cc1)c1ccccc1. The minimum atomic E-state index is -0.329. The Bertz CT molecular complexity index is 676. The van der Waals surface area contributed by atoms with Gasteiger partial charge in [-0.2, -0.15) is 0 Å². The van der Waals surface area contributed by atoms with Gasteiger partial charge in [-0.1, -0.05) is 54.6 Å². The molecule has 0 aliphatic heterocycles. The smallest absolute Gasteiger partial charge is 0.254 e. The molecule has 0 fully saturated rings. The third kappa shape index (κ3) is 4.50. The van der Waals surface area contributed by atoms with Crippen molar-refractivity contribution in [2.45, 2.75) is 11.8 Å². The highest BCUT2D eigenvalue weighted by atomic mass is 35.5. The number of thioether (sulfide) groups is 1. The van der Waals surface area contributed by atoms with Gasteiger partial charge in [-0.15, -0.1) is 11.8 Å². The zero-order valence-electron chi connectivity index (χ0n) is 12.7. The quantitative estimate of drug-likeness (QED) is 0.477. The molecule has 2 aromatic carbocycles. The van der Waals surface area contributed by atoms with Gasteiger partial charge in [0, 0.05) is 17.3 Å². The Labute approximate surface area is 145 Å². The molecule has 2 rings (SSSR count). The number of nitrogens with zero attached hydrogens (tertiary/aromatic N) is 1. The molecule has 0 saturated carbocycles. The second kappa shape index (κ2) is 8.04. The summed E-state index contributed by atoms with van der Waals surface area (Å²) in [5.41, 5.74) is 7.88. The van der Waals surface area contributed by atoms with Crippen LogP contribution in [0.15, 0.2) is 54.6 Å². The number of amidine groups is 1. The van der Waals surface area contributed by atoms with Crippen LogP contribution in [0.25, 0.3) is 0 Å². The number of nitrogens with one attached hydrogen (secondary N) is 1. The third-order valence-electron chi connectivity index (χ3n) is 3.39. The highest BCUT2D eigenvalue weighted by Gasteiger charge is 2.24. The Morgan fingerprint density at radius 2 is 1.83 bits per heavy atom. The van der Waals surface area contributed by atoms with Gasteiger partial charge in [0.25, 0.3) is 5.91 Å². The number of hydrogen-bond donors (Lipinski definition) is 2. The normalized spacial score (nSPS) is 11.7. The number of hydrogen-bond acceptors (Lipinski definition) is 3. The summed E-state index contributed by atoms with van der Waals surface area (Å²) in [6.07, 6.45) is 1.89. The molecule has 1 amide bonds. The fourth-order valence-corrected chi connectivity index (χ4v) is 3.21. The van der Waals surface area contributed by atoms with Crippen molar-refractivity contribution in [3.8, 4) is 0 Å². The summed E-state index contributed by atoms with van der Waals surface area (Å²) in [5, 5.41) is 7.05. The van der Waals surface area contributed by atoms with Crippen molar-refractivity contribution in [3.63, 3.8) is 0 Å². The van der Waals surface area contributed by atoms with Crippen molar-refractivity contribution in [3.05, 3.63) is 71.3 Å². The maximum Gasteiger partial charge on any atom is 0.254 e. The lowest BCUT2D eigenvalue weighted by atomic mass is 10.1. The highest BCUT2D eigenvalue weighted by molar-refractivity contribution is 7.99. The monoisotopic (exact) mass is 347 g/mol. The molecule has 4 nitrogen and oxygen atoms in total. The summed E-state index contributed by atoms with van der Waals surface area (Å²) < 4.78 is 1.21. The second-order valence-corrected chi connectivity index (χ2v) is 6.35. The van der Waals surface area contributed by atoms with Gasteiger partial charge < -0.3 is 5.73 Å². The summed E-state index contributed by atoms with van der Waals surface area (Å²) in [5.74, 6) is -0.136. The van der Waals surface area contributed by atoms with Crippen molar-refractivity contribution in [1.82, 2.24) is 4.42 Å². The predicted molar refractivity (Wildman–Crippen MR) is 96.6 cm³/mol. The molecule has 0 bridgehead atoms. The van der Waals surface area contributed by atoms with Crippen LogP contribution in [0.4, 0.5) is 0 Å². The molecular weight excluding hydrogens is 330 g/mol. The fourth-order valence-electron chi connectivity index (χ4n) is 2.16. The Morgan fingerprint density at radius 1 is 1.22 bits per heavy atom. The lowest BCUT2D eigenvalue weighted by molar-refractivity contribution is -0.126. The molecule has 0 spiro atoms. The molecule has 0 heterocycles. The number of nitrogen functional groups attached to an aromatic ring is 1. The topological polar surface area (TPSA) is 70.2 Å². The lowest BCUT2D eigenvalue weighted by Gasteiger charge is -2.20. The van der Waals surface area contributed by atoms with Crippen LogP contribution in [0.2, 0.25) is 0 Å². The number of nitrogens with two attached hydrogens (primary N) is 1. The van der Waals surface area contributed by atoms with Gasteiger partial charge in [0.1, 0.15) is 11.1 Å². The minimum absolute atomic E-state index is 0.0156. The zero-order valence-corrected chi connectivity index (χ0v) is 14.3. The highest BCUT2D eigenvalue weighted by Crippen LogP contribution is 2.29. The van der Waals surface area contributed by atoms with Crippen molar-refractivity contribution in [1.29, 1.82) is 5.41 Å². The maximum absolute atomic E-state index is 12.6. The molecule has 23 heavy (non-hydrogen) atoms. The van der Waals surface area contributed by atoms with Gasteiger partial charge in [0.05, 0.1) is 6.54 Å². The first kappa shape index (κ1) is 17.4. The Balaban J connectivity index is 2.08. The average molecular weight is 348 g/mol. The molecule has 1 atom stereocenters. The van der Waals surface area contributed by atoms with E-state index in [1.165, 1.54) is 16.2 Å². The van der Waals surface area contributed by atoms with E-state index in [0.717, 1.165) is 11.1 Å². The Hall–Kier alpha value is -1.98. The summed E-state index contributed by atoms with van der Waals surface area (Å²) in [4.78, 5) is 12.6. The molecule has 120 valence electrons. The Kier molecular flexibility index (Phi) is 6.07. The first-order valence-electron chi connectivity index (χ1n) is 7.01. The second-order valence-electron chi connectivity index (χ2n) is 5.00. The number of amides is 1. The van der Waals surface area contributed by atoms with Gasteiger partial charge in [0.15, 0.2) is 0 Å². The molecule has 6 heteroatoms. The summed E-state index contributed by atoms with van der Waals surface area (Å²) in [6, 6.07) is 16.7. The van der Waals surface area contributed by atoms with Crippen LogP contribution in [0.1, 0.15) is 21.9 Å². The van der Waals surface area contributed by atoms with E-state index in [2.05, 4.69) is 0 Å². The predicted octanol–water partition coefficient (Wildman–Crippen LogP) is 3.56. The molecule has 0 aromatic heterocycles. The average Bonchev–Trinajstić information content (AvgIpc) is 2.57.